The van der Waals surface area contributed by atoms with Crippen molar-refractivity contribution in [2.75, 3.05) is 40.0 Å². The lowest BCUT2D eigenvalue weighted by atomic mass is 10.2. The van der Waals surface area contributed by atoms with E-state index in [1.807, 2.05) is 13.8 Å². The number of ether oxygens (including phenoxy) is 2. The molecule has 0 bridgehead atoms. The Hall–Kier alpha value is -1.34. The maximum absolute atomic E-state index is 12.5. The lowest BCUT2D eigenvalue weighted by Gasteiger charge is -2.37. The van der Waals surface area contributed by atoms with E-state index in [9.17, 15) is 9.59 Å². The minimum absolute atomic E-state index is 0.0155. The van der Waals surface area contributed by atoms with Gasteiger partial charge in [0.2, 0.25) is 0 Å². The first-order valence-electron chi connectivity index (χ1n) is 6.87. The summed E-state index contributed by atoms with van der Waals surface area (Å²) in [6.45, 7) is 6.10. The van der Waals surface area contributed by atoms with Crippen LogP contribution in [0, 0.1) is 0 Å². The summed E-state index contributed by atoms with van der Waals surface area (Å²) < 4.78 is 10.5. The second kappa shape index (κ2) is 8.06. The summed E-state index contributed by atoms with van der Waals surface area (Å²) in [5.74, 6) is -0.913. The van der Waals surface area contributed by atoms with Crippen LogP contribution in [0.4, 0.5) is 4.79 Å². The minimum Gasteiger partial charge on any atom is -0.481 e. The first kappa shape index (κ1) is 16.7. The number of amides is 2. The lowest BCUT2D eigenvalue weighted by molar-refractivity contribution is -0.141. The molecule has 116 valence electrons. The van der Waals surface area contributed by atoms with Gasteiger partial charge < -0.3 is 24.4 Å². The van der Waals surface area contributed by atoms with Gasteiger partial charge in [0.05, 0.1) is 31.8 Å². The molecule has 1 rings (SSSR count). The van der Waals surface area contributed by atoms with Crippen LogP contribution in [0.25, 0.3) is 0 Å². The zero-order chi connectivity index (χ0) is 15.1. The predicted octanol–water partition coefficient (Wildman–Crippen LogP) is 0.639. The molecule has 1 aliphatic rings. The van der Waals surface area contributed by atoms with Crippen LogP contribution < -0.4 is 0 Å². The average Bonchev–Trinajstić information content (AvgIpc) is 2.39. The van der Waals surface area contributed by atoms with Gasteiger partial charge in [-0.05, 0) is 13.8 Å². The number of aliphatic carboxylic acids is 1. The van der Waals surface area contributed by atoms with Gasteiger partial charge >= 0.3 is 12.0 Å². The largest absolute Gasteiger partial charge is 0.481 e. The van der Waals surface area contributed by atoms with Crippen molar-refractivity contribution >= 4 is 12.0 Å². The fraction of sp³-hybridized carbons (Fsp3) is 0.846. The molecule has 1 aliphatic heterocycles. The molecular weight excluding hydrogens is 264 g/mol. The molecule has 2 amide bonds. The summed E-state index contributed by atoms with van der Waals surface area (Å²) in [5.41, 5.74) is 0. The highest BCUT2D eigenvalue weighted by Gasteiger charge is 2.30. The van der Waals surface area contributed by atoms with E-state index in [4.69, 9.17) is 14.6 Å². The number of hydrogen-bond acceptors (Lipinski definition) is 4. The number of rotatable bonds is 6. The van der Waals surface area contributed by atoms with E-state index in [-0.39, 0.29) is 18.5 Å². The molecule has 7 nitrogen and oxygen atoms in total. The van der Waals surface area contributed by atoms with Crippen molar-refractivity contribution in [3.05, 3.63) is 0 Å². The molecule has 1 saturated heterocycles. The zero-order valence-electron chi connectivity index (χ0n) is 12.4. The number of morpholine rings is 1. The normalized spacial score (nSPS) is 20.6. The number of urea groups is 1. The molecule has 2 atom stereocenters. The molecule has 1 N–H and O–H groups in total. The third-order valence-electron chi connectivity index (χ3n) is 3.34. The van der Waals surface area contributed by atoms with E-state index in [0.29, 0.717) is 32.8 Å². The summed E-state index contributed by atoms with van der Waals surface area (Å²) in [6.07, 6.45) is -0.509. The van der Waals surface area contributed by atoms with Crippen LogP contribution in [0.3, 0.4) is 0 Å². The second-order valence-corrected chi connectivity index (χ2v) is 4.91. The second-order valence-electron chi connectivity index (χ2n) is 4.91. The van der Waals surface area contributed by atoms with Gasteiger partial charge in [0.25, 0.3) is 0 Å². The maximum Gasteiger partial charge on any atom is 0.320 e. The molecule has 0 aromatic carbocycles. The van der Waals surface area contributed by atoms with Gasteiger partial charge in [-0.2, -0.15) is 0 Å². The van der Waals surface area contributed by atoms with Crippen molar-refractivity contribution in [3.63, 3.8) is 0 Å². The molecular formula is C13H24N2O5. The highest BCUT2D eigenvalue weighted by atomic mass is 16.5. The van der Waals surface area contributed by atoms with Gasteiger partial charge in [-0.1, -0.05) is 0 Å². The molecule has 20 heavy (non-hydrogen) atoms. The number of nitrogens with zero attached hydrogens (tertiary/aromatic N) is 2. The van der Waals surface area contributed by atoms with Gasteiger partial charge in [0, 0.05) is 26.7 Å². The van der Waals surface area contributed by atoms with E-state index in [0.717, 1.165) is 0 Å². The fourth-order valence-corrected chi connectivity index (χ4v) is 2.36. The van der Waals surface area contributed by atoms with Crippen molar-refractivity contribution in [1.29, 1.82) is 0 Å². The molecule has 0 aromatic rings. The molecule has 0 spiro atoms. The molecule has 0 aliphatic carbocycles. The lowest BCUT2D eigenvalue weighted by Crippen LogP contribution is -2.54. The van der Waals surface area contributed by atoms with Crippen LogP contribution in [0.5, 0.6) is 0 Å². The standard InChI is InChI=1S/C13H24N2O5/c1-4-15(10(2)9-19-3)13(18)14-5-6-20-11(8-14)7-12(16)17/h10-11H,4-9H2,1-3H3,(H,16,17). The number of carbonyl (C=O) groups excluding carboxylic acids is 1. The number of carbonyl (C=O) groups is 2. The maximum atomic E-state index is 12.5. The van der Waals surface area contributed by atoms with E-state index < -0.39 is 12.1 Å². The summed E-state index contributed by atoms with van der Waals surface area (Å²) in [5, 5.41) is 8.79. The number of carboxylic acid groups (broad SMARTS) is 1. The third kappa shape index (κ3) is 4.64. The van der Waals surface area contributed by atoms with Crippen molar-refractivity contribution in [2.24, 2.45) is 0 Å². The van der Waals surface area contributed by atoms with E-state index in [2.05, 4.69) is 0 Å². The van der Waals surface area contributed by atoms with E-state index >= 15 is 0 Å². The minimum atomic E-state index is -0.913. The van der Waals surface area contributed by atoms with Crippen molar-refractivity contribution in [2.45, 2.75) is 32.4 Å². The van der Waals surface area contributed by atoms with Crippen LogP contribution in [-0.2, 0) is 14.3 Å². The Balaban J connectivity index is 2.62. The Morgan fingerprint density at radius 2 is 2.25 bits per heavy atom. The number of hydrogen-bond donors (Lipinski definition) is 1. The molecule has 1 fully saturated rings. The van der Waals surface area contributed by atoms with E-state index in [1.165, 1.54) is 0 Å². The van der Waals surface area contributed by atoms with Crippen molar-refractivity contribution in [1.82, 2.24) is 9.80 Å². The first-order valence-corrected chi connectivity index (χ1v) is 6.87. The van der Waals surface area contributed by atoms with Crippen LogP contribution in [0.15, 0.2) is 0 Å². The third-order valence-corrected chi connectivity index (χ3v) is 3.34. The Morgan fingerprint density at radius 1 is 1.55 bits per heavy atom. The fourth-order valence-electron chi connectivity index (χ4n) is 2.36. The van der Waals surface area contributed by atoms with Crippen LogP contribution >= 0.6 is 0 Å². The highest BCUT2D eigenvalue weighted by molar-refractivity contribution is 5.75. The molecule has 2 unspecified atom stereocenters. The van der Waals surface area contributed by atoms with Crippen molar-refractivity contribution < 1.29 is 24.2 Å². The predicted molar refractivity (Wildman–Crippen MR) is 72.7 cm³/mol. The monoisotopic (exact) mass is 288 g/mol. The van der Waals surface area contributed by atoms with Crippen LogP contribution in [0.1, 0.15) is 20.3 Å². The van der Waals surface area contributed by atoms with Gasteiger partial charge in [0.15, 0.2) is 0 Å². The highest BCUT2D eigenvalue weighted by Crippen LogP contribution is 2.13. The number of likely N-dealkylation sites (N-methyl/N-ethyl adjacent to an activating group) is 1. The smallest absolute Gasteiger partial charge is 0.320 e. The molecule has 0 radical (unpaired) electrons. The Labute approximate surface area is 119 Å². The number of carboxylic acids is 1. The Morgan fingerprint density at radius 3 is 2.80 bits per heavy atom. The topological polar surface area (TPSA) is 79.3 Å². The van der Waals surface area contributed by atoms with Gasteiger partial charge in [-0.3, -0.25) is 4.79 Å². The zero-order valence-corrected chi connectivity index (χ0v) is 12.4. The first-order chi connectivity index (χ1) is 9.49. The summed E-state index contributed by atoms with van der Waals surface area (Å²) in [7, 11) is 1.60. The van der Waals surface area contributed by atoms with Gasteiger partial charge in [0.1, 0.15) is 0 Å². The Bertz CT molecular complexity index is 337. The average molecular weight is 288 g/mol. The van der Waals surface area contributed by atoms with E-state index in [1.54, 1.807) is 16.9 Å². The van der Waals surface area contributed by atoms with Gasteiger partial charge in [-0.15, -0.1) is 0 Å². The molecule has 1 heterocycles. The molecule has 7 heteroatoms. The quantitative estimate of drug-likeness (QED) is 0.776. The summed E-state index contributed by atoms with van der Waals surface area (Å²) in [6, 6.07) is -0.103. The molecule has 0 aromatic heterocycles. The number of methoxy groups -OCH3 is 1. The SMILES string of the molecule is CCN(C(=O)N1CCOC(CC(=O)O)C1)C(C)COC. The Kier molecular flexibility index (Phi) is 6.74. The summed E-state index contributed by atoms with van der Waals surface area (Å²) in [4.78, 5) is 26.6. The van der Waals surface area contributed by atoms with Crippen molar-refractivity contribution in [3.8, 4) is 0 Å². The van der Waals surface area contributed by atoms with Crippen LogP contribution in [-0.4, -0.2) is 79.0 Å². The van der Waals surface area contributed by atoms with Crippen LogP contribution in [0.2, 0.25) is 0 Å². The summed E-state index contributed by atoms with van der Waals surface area (Å²) >= 11 is 0. The van der Waals surface area contributed by atoms with Gasteiger partial charge in [-0.25, -0.2) is 4.79 Å². The molecule has 0 saturated carbocycles.